The molecule has 2 atom stereocenters. The van der Waals surface area contributed by atoms with Crippen LogP contribution in [0.3, 0.4) is 0 Å². The molecule has 2 unspecified atom stereocenters. The molecule has 0 spiro atoms. The van der Waals surface area contributed by atoms with Gasteiger partial charge >= 0.3 is 6.03 Å². The molecule has 0 radical (unpaired) electrons. The number of amides is 4. The highest BCUT2D eigenvalue weighted by Gasteiger charge is 2.43. The number of hydrogen-bond acceptors (Lipinski definition) is 4. The van der Waals surface area contributed by atoms with Crippen molar-refractivity contribution in [3.63, 3.8) is 0 Å². The minimum Gasteiger partial charge on any atom is -0.326 e. The summed E-state index contributed by atoms with van der Waals surface area (Å²) < 4.78 is 0. The Morgan fingerprint density at radius 2 is 2.05 bits per heavy atom. The number of nitrogens with one attached hydrogen (secondary N) is 1. The molecule has 7 nitrogen and oxygen atoms in total. The van der Waals surface area contributed by atoms with Crippen LogP contribution in [0, 0.1) is 0 Å². The highest BCUT2D eigenvalue weighted by Crippen LogP contribution is 2.15. The van der Waals surface area contributed by atoms with Crippen LogP contribution >= 0.6 is 11.6 Å². The summed E-state index contributed by atoms with van der Waals surface area (Å²) in [5.41, 5.74) is 6.06. The Bertz CT molecular complexity index is 405. The van der Waals surface area contributed by atoms with Crippen molar-refractivity contribution < 1.29 is 14.4 Å². The van der Waals surface area contributed by atoms with Gasteiger partial charge in [0, 0.05) is 13.1 Å². The van der Waals surface area contributed by atoms with Gasteiger partial charge in [0.15, 0.2) is 0 Å². The van der Waals surface area contributed by atoms with E-state index in [1.54, 1.807) is 0 Å². The summed E-state index contributed by atoms with van der Waals surface area (Å²) in [4.78, 5) is 38.7. The van der Waals surface area contributed by atoms with Crippen LogP contribution in [0.2, 0.25) is 0 Å². The molecule has 0 bridgehead atoms. The fourth-order valence-corrected chi connectivity index (χ4v) is 2.51. The Balaban J connectivity index is 3.00. The average Bonchev–Trinajstić information content (AvgIpc) is 2.45. The van der Waals surface area contributed by atoms with Gasteiger partial charge in [-0.3, -0.25) is 14.9 Å². The molecule has 0 aliphatic carbocycles. The van der Waals surface area contributed by atoms with Gasteiger partial charge < -0.3 is 15.5 Å². The van der Waals surface area contributed by atoms with Crippen molar-refractivity contribution in [1.29, 1.82) is 0 Å². The lowest BCUT2D eigenvalue weighted by molar-refractivity contribution is -0.142. The molecule has 120 valence electrons. The Kier molecular flexibility index (Phi) is 6.91. The lowest BCUT2D eigenvalue weighted by Crippen LogP contribution is -2.71. The van der Waals surface area contributed by atoms with E-state index >= 15 is 0 Å². The Hall–Kier alpha value is -1.34. The van der Waals surface area contributed by atoms with Crippen molar-refractivity contribution in [2.45, 2.75) is 45.3 Å². The van der Waals surface area contributed by atoms with Crippen molar-refractivity contribution in [3.05, 3.63) is 0 Å². The van der Waals surface area contributed by atoms with Crippen LogP contribution in [0.15, 0.2) is 0 Å². The van der Waals surface area contributed by atoms with E-state index in [2.05, 4.69) is 5.32 Å². The molecular formula is C13H23ClN4O3. The number of alkyl halides is 1. The van der Waals surface area contributed by atoms with Crippen LogP contribution in [0.1, 0.15) is 33.1 Å². The maximum absolute atomic E-state index is 12.1. The number of nitrogens with zero attached hydrogens (tertiary/aromatic N) is 2. The topological polar surface area (TPSA) is 95.7 Å². The number of urea groups is 1. The van der Waals surface area contributed by atoms with Crippen molar-refractivity contribution in [1.82, 2.24) is 15.1 Å². The zero-order valence-corrected chi connectivity index (χ0v) is 13.2. The first-order chi connectivity index (χ1) is 9.97. The van der Waals surface area contributed by atoms with Crippen LogP contribution in [0.4, 0.5) is 4.79 Å². The van der Waals surface area contributed by atoms with E-state index in [-0.39, 0.29) is 11.8 Å². The summed E-state index contributed by atoms with van der Waals surface area (Å²) in [6.07, 6.45) is 1.46. The first-order valence-electron chi connectivity index (χ1n) is 7.20. The number of nitrogens with two attached hydrogens (primary N) is 1. The van der Waals surface area contributed by atoms with E-state index in [9.17, 15) is 14.4 Å². The number of hydrogen-bond donors (Lipinski definition) is 2. The second-order valence-corrected chi connectivity index (χ2v) is 5.26. The normalized spacial score (nSPS) is 22.2. The predicted molar refractivity (Wildman–Crippen MR) is 79.6 cm³/mol. The zero-order valence-electron chi connectivity index (χ0n) is 12.5. The fraction of sp³-hybridized carbons (Fsp3) is 0.769. The third-order valence-electron chi connectivity index (χ3n) is 3.43. The number of rotatable bonds is 7. The first-order valence-corrected chi connectivity index (χ1v) is 7.73. The number of unbranched alkanes of at least 4 members (excludes halogenated alkanes) is 1. The first kappa shape index (κ1) is 17.7. The van der Waals surface area contributed by atoms with Crippen molar-refractivity contribution >= 4 is 29.4 Å². The second kappa shape index (κ2) is 8.19. The Labute approximate surface area is 129 Å². The highest BCUT2D eigenvalue weighted by atomic mass is 35.5. The number of carbonyl (C=O) groups excluding carboxylic acids is 3. The molecule has 3 N–H and O–H groups in total. The molecule has 0 aromatic rings. The minimum absolute atomic E-state index is 0.220. The minimum atomic E-state index is -0.896. The largest absolute Gasteiger partial charge is 0.326 e. The van der Waals surface area contributed by atoms with Crippen LogP contribution < -0.4 is 11.1 Å². The summed E-state index contributed by atoms with van der Waals surface area (Å²) in [6, 6.07) is -1.41. The van der Waals surface area contributed by atoms with Gasteiger partial charge in [-0.1, -0.05) is 20.3 Å². The SMILES string of the molecule is CCCCN(C(=O)CCl)C1C(=O)NC(=O)N(CCC)C1N. The molecular weight excluding hydrogens is 296 g/mol. The monoisotopic (exact) mass is 318 g/mol. The molecule has 0 aromatic carbocycles. The summed E-state index contributed by atoms with van der Waals surface area (Å²) in [7, 11) is 0. The van der Waals surface area contributed by atoms with Gasteiger partial charge in [0.1, 0.15) is 18.1 Å². The van der Waals surface area contributed by atoms with E-state index in [4.69, 9.17) is 17.3 Å². The van der Waals surface area contributed by atoms with E-state index in [1.807, 2.05) is 13.8 Å². The van der Waals surface area contributed by atoms with Gasteiger partial charge in [-0.25, -0.2) is 4.79 Å². The van der Waals surface area contributed by atoms with E-state index in [0.29, 0.717) is 19.5 Å². The molecule has 1 aliphatic heterocycles. The van der Waals surface area contributed by atoms with Gasteiger partial charge in [0.25, 0.3) is 5.91 Å². The van der Waals surface area contributed by atoms with Crippen LogP contribution in [-0.2, 0) is 9.59 Å². The molecule has 1 saturated heterocycles. The third-order valence-corrected chi connectivity index (χ3v) is 3.66. The van der Waals surface area contributed by atoms with Gasteiger partial charge in [-0.15, -0.1) is 11.6 Å². The maximum atomic E-state index is 12.1. The second-order valence-electron chi connectivity index (χ2n) is 5.00. The lowest BCUT2D eigenvalue weighted by Gasteiger charge is -2.42. The lowest BCUT2D eigenvalue weighted by atomic mass is 10.1. The number of carbonyl (C=O) groups is 3. The molecule has 8 heteroatoms. The number of halogens is 1. The quantitative estimate of drug-likeness (QED) is 0.667. The van der Waals surface area contributed by atoms with E-state index in [1.165, 1.54) is 9.80 Å². The summed E-state index contributed by atoms with van der Waals surface area (Å²) >= 11 is 5.62. The standard InChI is InChI=1S/C13H23ClN4O3/c1-3-5-7-17(9(19)8-14)10-11(15)18(6-4-2)13(21)16-12(10)20/h10-11H,3-8,15H2,1-2H3,(H,16,20,21). The predicted octanol–water partition coefficient (Wildman–Crippen LogP) is 0.469. The van der Waals surface area contributed by atoms with Crippen LogP contribution in [-0.4, -0.2) is 58.8 Å². The summed E-state index contributed by atoms with van der Waals surface area (Å²) in [6.45, 7) is 4.71. The van der Waals surface area contributed by atoms with E-state index in [0.717, 1.165) is 12.8 Å². The van der Waals surface area contributed by atoms with Crippen molar-refractivity contribution in [3.8, 4) is 0 Å². The molecule has 0 saturated carbocycles. The Morgan fingerprint density at radius 1 is 1.38 bits per heavy atom. The van der Waals surface area contributed by atoms with Crippen molar-refractivity contribution in [2.75, 3.05) is 19.0 Å². The highest BCUT2D eigenvalue weighted by molar-refractivity contribution is 6.27. The van der Waals surface area contributed by atoms with Crippen molar-refractivity contribution in [2.24, 2.45) is 5.73 Å². The molecule has 1 fully saturated rings. The smallest absolute Gasteiger partial charge is 0.325 e. The van der Waals surface area contributed by atoms with Crippen LogP contribution in [0.25, 0.3) is 0 Å². The van der Waals surface area contributed by atoms with Crippen LogP contribution in [0.5, 0.6) is 0 Å². The van der Waals surface area contributed by atoms with Gasteiger partial charge in [0.2, 0.25) is 5.91 Å². The maximum Gasteiger partial charge on any atom is 0.325 e. The van der Waals surface area contributed by atoms with Gasteiger partial charge in [-0.05, 0) is 12.8 Å². The Morgan fingerprint density at radius 3 is 2.57 bits per heavy atom. The molecule has 4 amide bonds. The molecule has 0 aromatic heterocycles. The summed E-state index contributed by atoms with van der Waals surface area (Å²) in [5, 5.41) is 2.26. The molecule has 1 heterocycles. The third kappa shape index (κ3) is 4.07. The fourth-order valence-electron chi connectivity index (χ4n) is 2.35. The molecule has 21 heavy (non-hydrogen) atoms. The number of imide groups is 1. The van der Waals surface area contributed by atoms with Gasteiger partial charge in [0.05, 0.1) is 0 Å². The molecule has 1 aliphatic rings. The summed E-state index contributed by atoms with van der Waals surface area (Å²) in [5.74, 6) is -1.12. The average molecular weight is 319 g/mol. The molecule has 1 rings (SSSR count). The van der Waals surface area contributed by atoms with E-state index < -0.39 is 24.1 Å². The zero-order chi connectivity index (χ0) is 16.0. The van der Waals surface area contributed by atoms with Gasteiger partial charge in [-0.2, -0.15) is 0 Å².